The summed E-state index contributed by atoms with van der Waals surface area (Å²) in [4.78, 5) is 14.0. The van der Waals surface area contributed by atoms with E-state index in [1.807, 2.05) is 11.8 Å². The van der Waals surface area contributed by atoms with Crippen LogP contribution in [0.4, 0.5) is 4.39 Å². The number of ketones is 1. The molecule has 94 valence electrons. The number of benzene rings is 1. The van der Waals surface area contributed by atoms with E-state index >= 15 is 0 Å². The van der Waals surface area contributed by atoms with Crippen molar-refractivity contribution in [3.63, 3.8) is 0 Å². The van der Waals surface area contributed by atoms with Crippen LogP contribution in [0, 0.1) is 11.7 Å². The molecule has 0 amide bonds. The number of halogens is 1. The molecule has 0 aliphatic heterocycles. The minimum atomic E-state index is -0.432. The fourth-order valence-corrected chi connectivity index (χ4v) is 1.80. The van der Waals surface area contributed by atoms with Gasteiger partial charge in [-0.25, -0.2) is 4.39 Å². The van der Waals surface area contributed by atoms with Gasteiger partial charge in [-0.3, -0.25) is 9.69 Å². The molecule has 0 N–H and O–H groups in total. The molecule has 1 rings (SSSR count). The zero-order valence-electron chi connectivity index (χ0n) is 10.7. The average Bonchev–Trinajstić information content (AvgIpc) is 2.27. The number of carbonyl (C=O) groups is 1. The van der Waals surface area contributed by atoms with Crippen LogP contribution in [0.15, 0.2) is 24.3 Å². The third-order valence-electron chi connectivity index (χ3n) is 2.61. The highest BCUT2D eigenvalue weighted by Gasteiger charge is 2.15. The van der Waals surface area contributed by atoms with Gasteiger partial charge in [0.05, 0.1) is 12.1 Å². The lowest BCUT2D eigenvalue weighted by Crippen LogP contribution is -2.33. The van der Waals surface area contributed by atoms with Crippen molar-refractivity contribution in [2.45, 2.75) is 20.8 Å². The van der Waals surface area contributed by atoms with Gasteiger partial charge < -0.3 is 0 Å². The van der Waals surface area contributed by atoms with Crippen molar-refractivity contribution in [3.05, 3.63) is 35.6 Å². The standard InChI is InChI=1S/C14H20FNO/c1-4-16(9-11(2)3)10-14(17)12-7-5-6-8-13(12)15/h5-8,11H,4,9-10H2,1-3H3. The molecule has 0 unspecified atom stereocenters. The molecule has 0 heterocycles. The first-order valence-electron chi connectivity index (χ1n) is 6.04. The summed E-state index contributed by atoms with van der Waals surface area (Å²) in [5, 5.41) is 0. The number of carbonyl (C=O) groups excluding carboxylic acids is 1. The molecule has 0 bridgehead atoms. The van der Waals surface area contributed by atoms with Gasteiger partial charge in [-0.05, 0) is 24.6 Å². The van der Waals surface area contributed by atoms with Gasteiger partial charge in [0.15, 0.2) is 5.78 Å². The Labute approximate surface area is 102 Å². The molecule has 0 aromatic heterocycles. The Balaban J connectivity index is 2.68. The number of Topliss-reactive ketones (excluding diaryl/α,β-unsaturated/α-hetero) is 1. The van der Waals surface area contributed by atoms with Crippen LogP contribution < -0.4 is 0 Å². The lowest BCUT2D eigenvalue weighted by Gasteiger charge is -2.21. The van der Waals surface area contributed by atoms with Crippen molar-refractivity contribution in [1.82, 2.24) is 4.90 Å². The Morgan fingerprint density at radius 2 is 2.00 bits per heavy atom. The molecule has 2 nitrogen and oxygen atoms in total. The molecular weight excluding hydrogens is 217 g/mol. The Morgan fingerprint density at radius 1 is 1.35 bits per heavy atom. The normalized spacial score (nSPS) is 11.2. The SMILES string of the molecule is CCN(CC(=O)c1ccccc1F)CC(C)C. The molecular formula is C14H20FNO. The first kappa shape index (κ1) is 13.8. The maximum Gasteiger partial charge on any atom is 0.179 e. The number of nitrogens with zero attached hydrogens (tertiary/aromatic N) is 1. The van der Waals surface area contributed by atoms with Crippen molar-refractivity contribution < 1.29 is 9.18 Å². The summed E-state index contributed by atoms with van der Waals surface area (Å²) >= 11 is 0. The van der Waals surface area contributed by atoms with Crippen LogP contribution in [0.3, 0.4) is 0 Å². The van der Waals surface area contributed by atoms with Crippen molar-refractivity contribution in [2.75, 3.05) is 19.6 Å². The highest BCUT2D eigenvalue weighted by atomic mass is 19.1. The van der Waals surface area contributed by atoms with Crippen LogP contribution in [-0.4, -0.2) is 30.3 Å². The highest BCUT2D eigenvalue weighted by molar-refractivity contribution is 5.97. The number of hydrogen-bond donors (Lipinski definition) is 0. The Hall–Kier alpha value is -1.22. The molecule has 1 aromatic rings. The maximum atomic E-state index is 13.4. The van der Waals surface area contributed by atoms with E-state index in [-0.39, 0.29) is 17.9 Å². The Bertz CT molecular complexity index is 376. The molecule has 0 aliphatic rings. The van der Waals surface area contributed by atoms with E-state index in [1.54, 1.807) is 18.2 Å². The van der Waals surface area contributed by atoms with Gasteiger partial charge >= 0.3 is 0 Å². The molecule has 1 aromatic carbocycles. The first-order chi connectivity index (χ1) is 8.04. The van der Waals surface area contributed by atoms with Crippen LogP contribution in [0.5, 0.6) is 0 Å². The van der Waals surface area contributed by atoms with Gasteiger partial charge in [0.1, 0.15) is 5.82 Å². The first-order valence-corrected chi connectivity index (χ1v) is 6.04. The fraction of sp³-hybridized carbons (Fsp3) is 0.500. The summed E-state index contributed by atoms with van der Waals surface area (Å²) in [5.41, 5.74) is 0.190. The van der Waals surface area contributed by atoms with E-state index in [4.69, 9.17) is 0 Å². The summed E-state index contributed by atoms with van der Waals surface area (Å²) in [6.07, 6.45) is 0. The molecule has 0 atom stereocenters. The smallest absolute Gasteiger partial charge is 0.179 e. The molecule has 0 aliphatic carbocycles. The van der Waals surface area contributed by atoms with Crippen LogP contribution in [0.1, 0.15) is 31.1 Å². The van der Waals surface area contributed by atoms with E-state index in [0.29, 0.717) is 5.92 Å². The van der Waals surface area contributed by atoms with Crippen LogP contribution in [0.25, 0.3) is 0 Å². The minimum Gasteiger partial charge on any atom is -0.296 e. The maximum absolute atomic E-state index is 13.4. The van der Waals surface area contributed by atoms with Crippen LogP contribution >= 0.6 is 0 Å². The highest BCUT2D eigenvalue weighted by Crippen LogP contribution is 2.09. The van der Waals surface area contributed by atoms with E-state index in [2.05, 4.69) is 13.8 Å². The van der Waals surface area contributed by atoms with E-state index in [1.165, 1.54) is 6.07 Å². The van der Waals surface area contributed by atoms with E-state index in [0.717, 1.165) is 13.1 Å². The summed E-state index contributed by atoms with van der Waals surface area (Å²) < 4.78 is 13.4. The van der Waals surface area contributed by atoms with Gasteiger partial charge in [0.2, 0.25) is 0 Å². The van der Waals surface area contributed by atoms with Gasteiger partial charge in [-0.1, -0.05) is 32.9 Å². The quantitative estimate of drug-likeness (QED) is 0.709. The van der Waals surface area contributed by atoms with Gasteiger partial charge in [-0.2, -0.15) is 0 Å². The zero-order chi connectivity index (χ0) is 12.8. The van der Waals surface area contributed by atoms with Crippen LogP contribution in [0.2, 0.25) is 0 Å². The third-order valence-corrected chi connectivity index (χ3v) is 2.61. The lowest BCUT2D eigenvalue weighted by atomic mass is 10.1. The van der Waals surface area contributed by atoms with Crippen molar-refractivity contribution in [2.24, 2.45) is 5.92 Å². The summed E-state index contributed by atoms with van der Waals surface area (Å²) in [7, 11) is 0. The topological polar surface area (TPSA) is 20.3 Å². The lowest BCUT2D eigenvalue weighted by molar-refractivity contribution is 0.0922. The van der Waals surface area contributed by atoms with E-state index in [9.17, 15) is 9.18 Å². The molecule has 0 saturated carbocycles. The van der Waals surface area contributed by atoms with Crippen molar-refractivity contribution in [3.8, 4) is 0 Å². The van der Waals surface area contributed by atoms with Gasteiger partial charge in [0, 0.05) is 6.54 Å². The second kappa shape index (κ2) is 6.50. The van der Waals surface area contributed by atoms with Crippen molar-refractivity contribution in [1.29, 1.82) is 0 Å². The van der Waals surface area contributed by atoms with Gasteiger partial charge in [-0.15, -0.1) is 0 Å². The van der Waals surface area contributed by atoms with Crippen LogP contribution in [-0.2, 0) is 0 Å². The second-order valence-corrected chi connectivity index (χ2v) is 4.62. The monoisotopic (exact) mass is 237 g/mol. The molecule has 0 radical (unpaired) electrons. The summed E-state index contributed by atoms with van der Waals surface area (Å²) in [6, 6.07) is 6.15. The fourth-order valence-electron chi connectivity index (χ4n) is 1.80. The van der Waals surface area contributed by atoms with Gasteiger partial charge in [0.25, 0.3) is 0 Å². The predicted molar refractivity (Wildman–Crippen MR) is 67.7 cm³/mol. The largest absolute Gasteiger partial charge is 0.296 e. The molecule has 17 heavy (non-hydrogen) atoms. The van der Waals surface area contributed by atoms with Crippen molar-refractivity contribution >= 4 is 5.78 Å². The average molecular weight is 237 g/mol. The third kappa shape index (κ3) is 4.27. The molecule has 0 saturated heterocycles. The number of likely N-dealkylation sites (N-methyl/N-ethyl adjacent to an activating group) is 1. The molecule has 3 heteroatoms. The summed E-state index contributed by atoms with van der Waals surface area (Å²) in [6.45, 7) is 8.17. The Morgan fingerprint density at radius 3 is 2.53 bits per heavy atom. The summed E-state index contributed by atoms with van der Waals surface area (Å²) in [5.74, 6) is -0.0768. The predicted octanol–water partition coefficient (Wildman–Crippen LogP) is 2.99. The number of rotatable bonds is 6. The minimum absolute atomic E-state index is 0.148. The Kier molecular flexibility index (Phi) is 5.29. The number of hydrogen-bond acceptors (Lipinski definition) is 2. The molecule has 0 fully saturated rings. The molecule has 0 spiro atoms. The zero-order valence-corrected chi connectivity index (χ0v) is 10.7. The van der Waals surface area contributed by atoms with E-state index < -0.39 is 5.82 Å². The second-order valence-electron chi connectivity index (χ2n) is 4.62.